The minimum Gasteiger partial charge on any atom is -0.398 e. The minimum absolute atomic E-state index is 0.358. The van der Waals surface area contributed by atoms with Crippen LogP contribution in [0.2, 0.25) is 0 Å². The Morgan fingerprint density at radius 2 is 1.94 bits per heavy atom. The van der Waals surface area contributed by atoms with Crippen LogP contribution in [0.5, 0.6) is 0 Å². The third-order valence-electron chi connectivity index (χ3n) is 2.91. The maximum atomic E-state index is 11.2. The monoisotopic (exact) mass is 249 g/mol. The molecule has 0 bridgehead atoms. The van der Waals surface area contributed by atoms with E-state index in [1.54, 1.807) is 12.1 Å². The van der Waals surface area contributed by atoms with Gasteiger partial charge in [0.05, 0.1) is 5.56 Å². The van der Waals surface area contributed by atoms with Gasteiger partial charge >= 0.3 is 0 Å². The number of hydrogen-bond acceptors (Lipinski definition) is 3. The lowest BCUT2D eigenvalue weighted by Crippen LogP contribution is -2.18. The molecule has 0 spiro atoms. The summed E-state index contributed by atoms with van der Waals surface area (Å²) in [6.07, 6.45) is 2.26. The maximum absolute atomic E-state index is 11.2. The van der Waals surface area contributed by atoms with Crippen LogP contribution in [0.4, 0.5) is 11.4 Å². The van der Waals surface area contributed by atoms with E-state index in [0.717, 1.165) is 12.1 Å². The quantitative estimate of drug-likeness (QED) is 0.678. The summed E-state index contributed by atoms with van der Waals surface area (Å²) in [6, 6.07) is 5.64. The Labute approximate surface area is 109 Å². The molecule has 1 aromatic rings. The lowest BCUT2D eigenvalue weighted by Gasteiger charge is -2.17. The van der Waals surface area contributed by atoms with E-state index in [2.05, 4.69) is 26.1 Å². The van der Waals surface area contributed by atoms with Crippen molar-refractivity contribution < 1.29 is 4.79 Å². The molecule has 0 saturated heterocycles. The molecule has 5 N–H and O–H groups in total. The SMILES string of the molecule is CC(C)CCC(C)Nc1ccc(N)c(C(N)=O)c1. The number of nitrogen functional groups attached to an aromatic ring is 1. The summed E-state index contributed by atoms with van der Waals surface area (Å²) in [5.74, 6) is 0.202. The first-order valence-electron chi connectivity index (χ1n) is 6.36. The number of nitrogens with two attached hydrogens (primary N) is 2. The van der Waals surface area contributed by atoms with Crippen LogP contribution in [0, 0.1) is 5.92 Å². The zero-order chi connectivity index (χ0) is 13.7. The highest BCUT2D eigenvalue weighted by molar-refractivity contribution is 5.98. The largest absolute Gasteiger partial charge is 0.398 e. The van der Waals surface area contributed by atoms with Gasteiger partial charge in [0.2, 0.25) is 0 Å². The second-order valence-corrected chi connectivity index (χ2v) is 5.18. The average molecular weight is 249 g/mol. The van der Waals surface area contributed by atoms with Gasteiger partial charge in [-0.2, -0.15) is 0 Å². The first-order valence-corrected chi connectivity index (χ1v) is 6.36. The topological polar surface area (TPSA) is 81.1 Å². The second-order valence-electron chi connectivity index (χ2n) is 5.18. The van der Waals surface area contributed by atoms with Crippen LogP contribution in [0.25, 0.3) is 0 Å². The van der Waals surface area contributed by atoms with Gasteiger partial charge in [-0.25, -0.2) is 0 Å². The molecule has 1 atom stereocenters. The van der Waals surface area contributed by atoms with Crippen molar-refractivity contribution in [2.45, 2.75) is 39.7 Å². The molecule has 0 aromatic heterocycles. The molecule has 4 heteroatoms. The van der Waals surface area contributed by atoms with Crippen molar-refractivity contribution in [1.29, 1.82) is 0 Å². The molecule has 0 fully saturated rings. The van der Waals surface area contributed by atoms with Crippen LogP contribution in [-0.2, 0) is 0 Å². The standard InChI is InChI=1S/C14H23N3O/c1-9(2)4-5-10(3)17-11-6-7-13(15)12(8-11)14(16)18/h6-10,17H,4-5,15H2,1-3H3,(H2,16,18). The number of amides is 1. The molecule has 1 amide bonds. The van der Waals surface area contributed by atoms with E-state index in [-0.39, 0.29) is 0 Å². The van der Waals surface area contributed by atoms with Crippen molar-refractivity contribution in [2.24, 2.45) is 11.7 Å². The molecule has 100 valence electrons. The van der Waals surface area contributed by atoms with Crippen LogP contribution < -0.4 is 16.8 Å². The van der Waals surface area contributed by atoms with E-state index in [9.17, 15) is 4.79 Å². The summed E-state index contributed by atoms with van der Waals surface area (Å²) in [5.41, 5.74) is 12.6. The first-order chi connectivity index (χ1) is 8.40. The van der Waals surface area contributed by atoms with Crippen LogP contribution in [0.15, 0.2) is 18.2 Å². The van der Waals surface area contributed by atoms with E-state index in [1.165, 1.54) is 6.42 Å². The predicted octanol–water partition coefficient (Wildman–Crippen LogP) is 2.60. The van der Waals surface area contributed by atoms with Crippen LogP contribution in [0.1, 0.15) is 44.0 Å². The molecule has 4 nitrogen and oxygen atoms in total. The Balaban J connectivity index is 2.67. The molecule has 0 aliphatic rings. The minimum atomic E-state index is -0.494. The molecule has 1 unspecified atom stereocenters. The average Bonchev–Trinajstić information content (AvgIpc) is 2.28. The summed E-state index contributed by atoms with van der Waals surface area (Å²) >= 11 is 0. The maximum Gasteiger partial charge on any atom is 0.250 e. The molecular formula is C14H23N3O. The normalized spacial score (nSPS) is 12.4. The molecule has 1 rings (SSSR count). The van der Waals surface area contributed by atoms with Crippen molar-refractivity contribution in [3.05, 3.63) is 23.8 Å². The van der Waals surface area contributed by atoms with E-state index < -0.39 is 5.91 Å². The Morgan fingerprint density at radius 1 is 1.28 bits per heavy atom. The summed E-state index contributed by atoms with van der Waals surface area (Å²) in [6.45, 7) is 6.55. The number of carbonyl (C=O) groups excluding carboxylic acids is 1. The fourth-order valence-corrected chi connectivity index (χ4v) is 1.80. The van der Waals surface area contributed by atoms with Crippen molar-refractivity contribution in [3.63, 3.8) is 0 Å². The van der Waals surface area contributed by atoms with Gasteiger partial charge in [0.1, 0.15) is 0 Å². The van der Waals surface area contributed by atoms with Gasteiger partial charge in [-0.1, -0.05) is 13.8 Å². The Morgan fingerprint density at radius 3 is 2.50 bits per heavy atom. The Hall–Kier alpha value is -1.71. The summed E-state index contributed by atoms with van der Waals surface area (Å²) in [5, 5.41) is 3.36. The molecule has 0 aliphatic carbocycles. The van der Waals surface area contributed by atoms with Crippen molar-refractivity contribution >= 4 is 17.3 Å². The van der Waals surface area contributed by atoms with Gasteiger partial charge in [0.25, 0.3) is 5.91 Å². The predicted molar refractivity (Wildman–Crippen MR) is 76.5 cm³/mol. The molecular weight excluding hydrogens is 226 g/mol. The summed E-state index contributed by atoms with van der Waals surface area (Å²) in [7, 11) is 0. The van der Waals surface area contributed by atoms with Crippen molar-refractivity contribution in [1.82, 2.24) is 0 Å². The number of nitrogens with one attached hydrogen (secondary N) is 1. The van der Waals surface area contributed by atoms with Gasteiger partial charge in [-0.15, -0.1) is 0 Å². The number of anilines is 2. The number of benzene rings is 1. The molecule has 0 saturated carbocycles. The number of hydrogen-bond donors (Lipinski definition) is 3. The zero-order valence-electron chi connectivity index (χ0n) is 11.4. The molecule has 1 aromatic carbocycles. The zero-order valence-corrected chi connectivity index (χ0v) is 11.4. The fourth-order valence-electron chi connectivity index (χ4n) is 1.80. The van der Waals surface area contributed by atoms with E-state index in [4.69, 9.17) is 11.5 Å². The fraction of sp³-hybridized carbons (Fsp3) is 0.500. The lowest BCUT2D eigenvalue weighted by atomic mass is 10.0. The third kappa shape index (κ3) is 4.28. The Bertz CT molecular complexity index is 416. The first kappa shape index (κ1) is 14.4. The lowest BCUT2D eigenvalue weighted by molar-refractivity contribution is 0.100. The van der Waals surface area contributed by atoms with Crippen molar-refractivity contribution in [3.8, 4) is 0 Å². The highest BCUT2D eigenvalue weighted by Gasteiger charge is 2.08. The summed E-state index contributed by atoms with van der Waals surface area (Å²) in [4.78, 5) is 11.2. The van der Waals surface area contributed by atoms with E-state index in [1.807, 2.05) is 6.07 Å². The highest BCUT2D eigenvalue weighted by atomic mass is 16.1. The van der Waals surface area contributed by atoms with Crippen LogP contribution in [0.3, 0.4) is 0 Å². The van der Waals surface area contributed by atoms with E-state index in [0.29, 0.717) is 23.2 Å². The van der Waals surface area contributed by atoms with Gasteiger partial charge in [0, 0.05) is 17.4 Å². The molecule has 0 radical (unpaired) electrons. The third-order valence-corrected chi connectivity index (χ3v) is 2.91. The highest BCUT2D eigenvalue weighted by Crippen LogP contribution is 2.19. The van der Waals surface area contributed by atoms with Gasteiger partial charge < -0.3 is 16.8 Å². The number of primary amides is 1. The van der Waals surface area contributed by atoms with Gasteiger partial charge in [-0.3, -0.25) is 4.79 Å². The molecule has 0 heterocycles. The van der Waals surface area contributed by atoms with Gasteiger partial charge in [0.15, 0.2) is 0 Å². The van der Waals surface area contributed by atoms with E-state index >= 15 is 0 Å². The van der Waals surface area contributed by atoms with Crippen molar-refractivity contribution in [2.75, 3.05) is 11.1 Å². The summed E-state index contributed by atoms with van der Waals surface area (Å²) < 4.78 is 0. The molecule has 18 heavy (non-hydrogen) atoms. The second kappa shape index (κ2) is 6.28. The van der Waals surface area contributed by atoms with Crippen LogP contribution in [-0.4, -0.2) is 11.9 Å². The Kier molecular flexibility index (Phi) is 5.01. The van der Waals surface area contributed by atoms with Gasteiger partial charge in [-0.05, 0) is 43.9 Å². The molecule has 0 aliphatic heterocycles. The number of carbonyl (C=O) groups is 1. The number of rotatable bonds is 6. The smallest absolute Gasteiger partial charge is 0.250 e. The van der Waals surface area contributed by atoms with Crippen LogP contribution >= 0.6 is 0 Å².